The van der Waals surface area contributed by atoms with Crippen molar-refractivity contribution in [3.8, 4) is 11.5 Å². The number of benzene rings is 1. The van der Waals surface area contributed by atoms with Crippen LogP contribution in [0.25, 0.3) is 0 Å². The number of hydrogen-bond donors (Lipinski definition) is 2. The Kier molecular flexibility index (Phi) is 5.36. The molecule has 0 atom stereocenters. The molecule has 9 heteroatoms. The van der Waals surface area contributed by atoms with Crippen LogP contribution in [0.1, 0.15) is 36.9 Å². The largest absolute Gasteiger partial charge is 0.493 e. The minimum absolute atomic E-state index is 0.0149. The Morgan fingerprint density at radius 1 is 1.12 bits per heavy atom. The normalized spacial score (nSPS) is 12.6. The number of fused-ring (bicyclic) bond motifs is 1. The highest BCUT2D eigenvalue weighted by Gasteiger charge is 2.19. The highest BCUT2D eigenvalue weighted by molar-refractivity contribution is 7.14. The fourth-order valence-corrected chi connectivity index (χ4v) is 3.84. The lowest BCUT2D eigenvalue weighted by Gasteiger charge is -2.11. The first kappa shape index (κ1) is 18.1. The van der Waals surface area contributed by atoms with Crippen molar-refractivity contribution in [3.05, 3.63) is 45.1 Å². The molecule has 6 nitrogen and oxygen atoms in total. The van der Waals surface area contributed by atoms with Gasteiger partial charge in [-0.15, -0.1) is 11.3 Å². The molecule has 1 aliphatic rings. The smallest absolute Gasteiger partial charge is 0.387 e. The SMILES string of the molecule is COc1cc(C(=O)NNC(=O)c2cc3c(s2)CCC3)ccc1OC(F)F. The molecule has 1 aliphatic carbocycles. The van der Waals surface area contributed by atoms with E-state index in [2.05, 4.69) is 15.6 Å². The van der Waals surface area contributed by atoms with Crippen molar-refractivity contribution in [2.45, 2.75) is 25.9 Å². The summed E-state index contributed by atoms with van der Waals surface area (Å²) in [5, 5.41) is 0. The molecule has 3 rings (SSSR count). The van der Waals surface area contributed by atoms with E-state index in [1.807, 2.05) is 6.07 Å². The van der Waals surface area contributed by atoms with Crippen molar-refractivity contribution in [1.29, 1.82) is 0 Å². The lowest BCUT2D eigenvalue weighted by molar-refractivity contribution is -0.0512. The van der Waals surface area contributed by atoms with E-state index >= 15 is 0 Å². The third-order valence-corrected chi connectivity index (χ3v) is 5.14. The Morgan fingerprint density at radius 2 is 1.88 bits per heavy atom. The Labute approximate surface area is 152 Å². The lowest BCUT2D eigenvalue weighted by Crippen LogP contribution is -2.41. The maximum atomic E-state index is 12.3. The first-order valence-corrected chi connectivity index (χ1v) is 8.64. The highest BCUT2D eigenvalue weighted by Crippen LogP contribution is 2.31. The van der Waals surface area contributed by atoms with Crippen LogP contribution in [0.3, 0.4) is 0 Å². The molecular weight excluding hydrogens is 366 g/mol. The molecule has 2 N–H and O–H groups in total. The summed E-state index contributed by atoms with van der Waals surface area (Å²) >= 11 is 1.42. The number of carbonyl (C=O) groups excluding carboxylic acids is 2. The van der Waals surface area contributed by atoms with Crippen molar-refractivity contribution >= 4 is 23.2 Å². The number of nitrogens with one attached hydrogen (secondary N) is 2. The van der Waals surface area contributed by atoms with E-state index in [1.165, 1.54) is 47.1 Å². The number of rotatable bonds is 5. The van der Waals surface area contributed by atoms with E-state index in [-0.39, 0.29) is 17.1 Å². The summed E-state index contributed by atoms with van der Waals surface area (Å²) in [7, 11) is 1.27. The van der Waals surface area contributed by atoms with Gasteiger partial charge in [-0.1, -0.05) is 0 Å². The second kappa shape index (κ2) is 7.69. The van der Waals surface area contributed by atoms with Gasteiger partial charge in [0.2, 0.25) is 0 Å². The minimum atomic E-state index is -3.00. The molecular formula is C17H16F2N2O4S. The fraction of sp³-hybridized carbons (Fsp3) is 0.294. The summed E-state index contributed by atoms with van der Waals surface area (Å²) in [6.07, 6.45) is 3.05. The molecule has 1 aromatic carbocycles. The second-order valence-electron chi connectivity index (χ2n) is 5.57. The van der Waals surface area contributed by atoms with Crippen molar-refractivity contribution in [2.75, 3.05) is 7.11 Å². The molecule has 0 unspecified atom stereocenters. The van der Waals surface area contributed by atoms with Crippen LogP contribution in [0.4, 0.5) is 8.78 Å². The number of thiophene rings is 1. The predicted octanol–water partition coefficient (Wildman–Crippen LogP) is 2.92. The van der Waals surface area contributed by atoms with Crippen molar-refractivity contribution in [1.82, 2.24) is 10.9 Å². The van der Waals surface area contributed by atoms with Crippen LogP contribution in [-0.2, 0) is 12.8 Å². The zero-order chi connectivity index (χ0) is 18.7. The van der Waals surface area contributed by atoms with Crippen molar-refractivity contribution in [3.63, 3.8) is 0 Å². The highest BCUT2D eigenvalue weighted by atomic mass is 32.1. The van der Waals surface area contributed by atoms with Crippen molar-refractivity contribution in [2.24, 2.45) is 0 Å². The summed E-state index contributed by atoms with van der Waals surface area (Å²) in [4.78, 5) is 26.0. The third kappa shape index (κ3) is 3.93. The Morgan fingerprint density at radius 3 is 2.58 bits per heavy atom. The van der Waals surface area contributed by atoms with E-state index < -0.39 is 18.4 Å². The van der Waals surface area contributed by atoms with Crippen LogP contribution in [0.15, 0.2) is 24.3 Å². The average Bonchev–Trinajstić information content (AvgIpc) is 3.21. The van der Waals surface area contributed by atoms with Crippen LogP contribution < -0.4 is 20.3 Å². The molecule has 1 heterocycles. The zero-order valence-electron chi connectivity index (χ0n) is 13.8. The number of aryl methyl sites for hydroxylation is 2. The first-order valence-electron chi connectivity index (χ1n) is 7.83. The number of carbonyl (C=O) groups is 2. The number of methoxy groups -OCH3 is 1. The van der Waals surface area contributed by atoms with Gasteiger partial charge in [0.25, 0.3) is 11.8 Å². The Hall–Kier alpha value is -2.68. The molecule has 0 aliphatic heterocycles. The predicted molar refractivity (Wildman–Crippen MR) is 90.9 cm³/mol. The standard InChI is InChI=1S/C17H16F2N2O4S/c1-24-12-7-10(5-6-11(12)25-17(18)19)15(22)20-21-16(23)14-8-9-3-2-4-13(9)26-14/h5-8,17H,2-4H2,1H3,(H,20,22)(H,21,23). The second-order valence-corrected chi connectivity index (χ2v) is 6.70. The summed E-state index contributed by atoms with van der Waals surface area (Å²) in [5.41, 5.74) is 5.96. The average molecular weight is 382 g/mol. The van der Waals surface area contributed by atoms with Crippen LogP contribution in [0, 0.1) is 0 Å². The molecule has 2 aromatic rings. The maximum Gasteiger partial charge on any atom is 0.387 e. The lowest BCUT2D eigenvalue weighted by atomic mass is 10.2. The van der Waals surface area contributed by atoms with E-state index in [1.54, 1.807) is 0 Å². The number of halogens is 2. The number of ether oxygens (including phenoxy) is 2. The van der Waals surface area contributed by atoms with E-state index in [0.29, 0.717) is 4.88 Å². The summed E-state index contributed by atoms with van der Waals surface area (Å²) < 4.78 is 33.9. The molecule has 0 bridgehead atoms. The van der Waals surface area contributed by atoms with E-state index in [9.17, 15) is 18.4 Å². The molecule has 1 aromatic heterocycles. The van der Waals surface area contributed by atoms with Gasteiger partial charge in [0, 0.05) is 10.4 Å². The Balaban J connectivity index is 1.63. The summed E-state index contributed by atoms with van der Waals surface area (Å²) in [6, 6.07) is 5.58. The number of hydrazine groups is 1. The van der Waals surface area contributed by atoms with Gasteiger partial charge >= 0.3 is 6.61 Å². The van der Waals surface area contributed by atoms with Gasteiger partial charge in [0.05, 0.1) is 12.0 Å². The quantitative estimate of drug-likeness (QED) is 0.780. The molecule has 0 radical (unpaired) electrons. The monoisotopic (exact) mass is 382 g/mol. The number of amides is 2. The maximum absolute atomic E-state index is 12.3. The summed E-state index contributed by atoms with van der Waals surface area (Å²) in [6.45, 7) is -3.00. The number of alkyl halides is 2. The van der Waals surface area contributed by atoms with Crippen molar-refractivity contribution < 1.29 is 27.8 Å². The topological polar surface area (TPSA) is 76.7 Å². The summed E-state index contributed by atoms with van der Waals surface area (Å²) in [5.74, 6) is -1.21. The molecule has 138 valence electrons. The van der Waals surface area contributed by atoms with Crippen LogP contribution in [-0.4, -0.2) is 25.5 Å². The van der Waals surface area contributed by atoms with Gasteiger partial charge in [-0.2, -0.15) is 8.78 Å². The van der Waals surface area contributed by atoms with Gasteiger partial charge in [-0.05, 0) is 49.1 Å². The molecule has 0 saturated heterocycles. The van der Waals surface area contributed by atoms with Crippen LogP contribution >= 0.6 is 11.3 Å². The molecule has 0 saturated carbocycles. The molecule has 0 spiro atoms. The minimum Gasteiger partial charge on any atom is -0.493 e. The van der Waals surface area contributed by atoms with Gasteiger partial charge in [-0.25, -0.2) is 0 Å². The van der Waals surface area contributed by atoms with E-state index in [4.69, 9.17) is 4.74 Å². The van der Waals surface area contributed by atoms with Gasteiger partial charge in [0.1, 0.15) is 0 Å². The molecule has 2 amide bonds. The molecule has 0 fully saturated rings. The van der Waals surface area contributed by atoms with E-state index in [0.717, 1.165) is 19.3 Å². The Bertz CT molecular complexity index is 817. The van der Waals surface area contributed by atoms with Gasteiger partial charge in [0.15, 0.2) is 11.5 Å². The van der Waals surface area contributed by atoms with Crippen LogP contribution in [0.2, 0.25) is 0 Å². The first-order chi connectivity index (χ1) is 12.5. The van der Waals surface area contributed by atoms with Crippen LogP contribution in [0.5, 0.6) is 11.5 Å². The van der Waals surface area contributed by atoms with Gasteiger partial charge < -0.3 is 9.47 Å². The molecule has 26 heavy (non-hydrogen) atoms. The van der Waals surface area contributed by atoms with Gasteiger partial charge in [-0.3, -0.25) is 20.4 Å². The zero-order valence-corrected chi connectivity index (χ0v) is 14.6. The third-order valence-electron chi connectivity index (χ3n) is 3.90. The number of hydrogen-bond acceptors (Lipinski definition) is 5. The fourth-order valence-electron chi connectivity index (χ4n) is 2.69.